The maximum atomic E-state index is 13.7. The van der Waals surface area contributed by atoms with Crippen molar-refractivity contribution in [3.8, 4) is 0 Å². The standard InChI is InChI=1S/C20H21ClFNO2/c21-18-7-2-1-4-15(18)12-19(24)23-14-20(8-10-25-11-9-20)16-5-3-6-17(22)13-16/h1-7,13H,8-12,14H2,(H,23,24). The summed E-state index contributed by atoms with van der Waals surface area (Å²) in [5.74, 6) is -0.346. The van der Waals surface area contributed by atoms with Crippen LogP contribution in [-0.2, 0) is 21.4 Å². The molecule has 1 heterocycles. The molecule has 0 spiro atoms. The van der Waals surface area contributed by atoms with Crippen molar-refractivity contribution >= 4 is 17.5 Å². The summed E-state index contributed by atoms with van der Waals surface area (Å²) in [7, 11) is 0. The van der Waals surface area contributed by atoms with Gasteiger partial charge < -0.3 is 10.1 Å². The second-order valence-corrected chi connectivity index (χ2v) is 6.86. The molecule has 0 aromatic heterocycles. The molecule has 3 nitrogen and oxygen atoms in total. The van der Waals surface area contributed by atoms with Crippen molar-refractivity contribution in [3.05, 3.63) is 70.5 Å². The molecule has 1 amide bonds. The summed E-state index contributed by atoms with van der Waals surface area (Å²) in [6, 6.07) is 14.0. The van der Waals surface area contributed by atoms with E-state index in [9.17, 15) is 9.18 Å². The van der Waals surface area contributed by atoms with Gasteiger partial charge in [-0.3, -0.25) is 4.79 Å². The Balaban J connectivity index is 1.71. The molecule has 3 rings (SSSR count). The predicted molar refractivity (Wildman–Crippen MR) is 96.3 cm³/mol. The Kier molecular flexibility index (Phi) is 5.71. The minimum atomic E-state index is -0.295. The average Bonchev–Trinajstić information content (AvgIpc) is 2.63. The molecule has 0 unspecified atom stereocenters. The van der Waals surface area contributed by atoms with E-state index in [-0.39, 0.29) is 23.6 Å². The molecule has 5 heteroatoms. The van der Waals surface area contributed by atoms with Crippen molar-refractivity contribution in [2.45, 2.75) is 24.7 Å². The van der Waals surface area contributed by atoms with E-state index in [4.69, 9.17) is 16.3 Å². The predicted octanol–water partition coefficient (Wildman–Crippen LogP) is 3.89. The van der Waals surface area contributed by atoms with Crippen molar-refractivity contribution < 1.29 is 13.9 Å². The highest BCUT2D eigenvalue weighted by atomic mass is 35.5. The van der Waals surface area contributed by atoms with Gasteiger partial charge in [0.05, 0.1) is 6.42 Å². The number of carbonyl (C=O) groups excluding carboxylic acids is 1. The molecular weight excluding hydrogens is 341 g/mol. The minimum Gasteiger partial charge on any atom is -0.381 e. The molecule has 0 saturated carbocycles. The van der Waals surface area contributed by atoms with Gasteiger partial charge in [0.1, 0.15) is 5.82 Å². The number of hydrogen-bond donors (Lipinski definition) is 1. The Morgan fingerprint density at radius 3 is 2.64 bits per heavy atom. The fraction of sp³-hybridized carbons (Fsp3) is 0.350. The zero-order valence-electron chi connectivity index (χ0n) is 13.9. The van der Waals surface area contributed by atoms with Crippen LogP contribution in [0.1, 0.15) is 24.0 Å². The van der Waals surface area contributed by atoms with Gasteiger partial charge in [-0.1, -0.05) is 41.9 Å². The molecule has 1 fully saturated rings. The lowest BCUT2D eigenvalue weighted by molar-refractivity contribution is -0.120. The summed E-state index contributed by atoms with van der Waals surface area (Å²) in [5.41, 5.74) is 1.42. The van der Waals surface area contributed by atoms with E-state index < -0.39 is 0 Å². The molecule has 1 aliphatic rings. The van der Waals surface area contributed by atoms with Gasteiger partial charge in [0.15, 0.2) is 0 Å². The second kappa shape index (κ2) is 7.98. The summed E-state index contributed by atoms with van der Waals surface area (Å²) in [6.07, 6.45) is 1.74. The number of ether oxygens (including phenoxy) is 1. The van der Waals surface area contributed by atoms with E-state index in [0.29, 0.717) is 24.8 Å². The summed E-state index contributed by atoms with van der Waals surface area (Å²) in [4.78, 5) is 12.4. The number of halogens is 2. The molecule has 1 aliphatic heterocycles. The van der Waals surface area contributed by atoms with Crippen LogP contribution in [0.2, 0.25) is 5.02 Å². The van der Waals surface area contributed by atoms with Crippen LogP contribution >= 0.6 is 11.6 Å². The third-order valence-corrected chi connectivity index (χ3v) is 5.19. The summed E-state index contributed by atoms with van der Waals surface area (Å²) in [5, 5.41) is 3.60. The maximum absolute atomic E-state index is 13.7. The first-order valence-corrected chi connectivity index (χ1v) is 8.81. The molecule has 0 radical (unpaired) electrons. The average molecular weight is 362 g/mol. The molecule has 0 atom stereocenters. The van der Waals surface area contributed by atoms with Crippen LogP contribution in [0.4, 0.5) is 4.39 Å². The number of benzene rings is 2. The van der Waals surface area contributed by atoms with E-state index in [1.807, 2.05) is 24.3 Å². The van der Waals surface area contributed by atoms with Crippen LogP contribution in [0.25, 0.3) is 0 Å². The van der Waals surface area contributed by atoms with E-state index in [0.717, 1.165) is 24.0 Å². The highest BCUT2D eigenvalue weighted by Gasteiger charge is 2.35. The molecule has 25 heavy (non-hydrogen) atoms. The Bertz CT molecular complexity index is 744. The van der Waals surface area contributed by atoms with Gasteiger partial charge in [0, 0.05) is 30.2 Å². The third kappa shape index (κ3) is 4.39. The molecule has 0 bridgehead atoms. The fourth-order valence-corrected chi connectivity index (χ4v) is 3.50. The zero-order chi connectivity index (χ0) is 17.7. The molecule has 1 saturated heterocycles. The molecule has 1 N–H and O–H groups in total. The first-order valence-electron chi connectivity index (χ1n) is 8.43. The molecule has 132 valence electrons. The van der Waals surface area contributed by atoms with Crippen molar-refractivity contribution in [3.63, 3.8) is 0 Å². The Morgan fingerprint density at radius 1 is 1.16 bits per heavy atom. The van der Waals surface area contributed by atoms with Crippen LogP contribution in [0, 0.1) is 5.82 Å². The van der Waals surface area contributed by atoms with E-state index in [1.54, 1.807) is 18.2 Å². The van der Waals surface area contributed by atoms with Gasteiger partial charge in [-0.05, 0) is 42.2 Å². The number of nitrogens with one attached hydrogen (secondary N) is 1. The van der Waals surface area contributed by atoms with Crippen LogP contribution < -0.4 is 5.32 Å². The minimum absolute atomic E-state index is 0.0876. The Hall–Kier alpha value is -1.91. The monoisotopic (exact) mass is 361 g/mol. The van der Waals surface area contributed by atoms with Gasteiger partial charge in [-0.2, -0.15) is 0 Å². The van der Waals surface area contributed by atoms with E-state index >= 15 is 0 Å². The van der Waals surface area contributed by atoms with Gasteiger partial charge >= 0.3 is 0 Å². The normalized spacial score (nSPS) is 16.4. The smallest absolute Gasteiger partial charge is 0.224 e. The van der Waals surface area contributed by atoms with Gasteiger partial charge in [-0.15, -0.1) is 0 Å². The molecular formula is C20H21ClFNO2. The Labute approximate surface area is 152 Å². The number of rotatable bonds is 5. The lowest BCUT2D eigenvalue weighted by atomic mass is 9.74. The lowest BCUT2D eigenvalue weighted by Gasteiger charge is -2.38. The molecule has 2 aromatic rings. The summed E-state index contributed by atoms with van der Waals surface area (Å²) >= 11 is 6.12. The quantitative estimate of drug-likeness (QED) is 0.877. The number of carbonyl (C=O) groups is 1. The number of amides is 1. The second-order valence-electron chi connectivity index (χ2n) is 6.45. The fourth-order valence-electron chi connectivity index (χ4n) is 3.29. The van der Waals surface area contributed by atoms with Gasteiger partial charge in [0.25, 0.3) is 0 Å². The highest BCUT2D eigenvalue weighted by Crippen LogP contribution is 2.34. The van der Waals surface area contributed by atoms with E-state index in [2.05, 4.69) is 5.32 Å². The van der Waals surface area contributed by atoms with E-state index in [1.165, 1.54) is 6.07 Å². The number of hydrogen-bond acceptors (Lipinski definition) is 2. The van der Waals surface area contributed by atoms with Gasteiger partial charge in [0.2, 0.25) is 5.91 Å². The largest absolute Gasteiger partial charge is 0.381 e. The van der Waals surface area contributed by atoms with Crippen LogP contribution in [-0.4, -0.2) is 25.7 Å². The zero-order valence-corrected chi connectivity index (χ0v) is 14.7. The van der Waals surface area contributed by atoms with Crippen molar-refractivity contribution in [1.29, 1.82) is 0 Å². The SMILES string of the molecule is O=C(Cc1ccccc1Cl)NCC1(c2cccc(F)c2)CCOCC1. The lowest BCUT2D eigenvalue weighted by Crippen LogP contribution is -2.45. The van der Waals surface area contributed by atoms with Crippen LogP contribution in [0.15, 0.2) is 48.5 Å². The summed E-state index contributed by atoms with van der Waals surface area (Å²) < 4.78 is 19.2. The first kappa shape index (κ1) is 17.9. The third-order valence-electron chi connectivity index (χ3n) is 4.82. The van der Waals surface area contributed by atoms with Crippen molar-refractivity contribution in [2.75, 3.05) is 19.8 Å². The van der Waals surface area contributed by atoms with Crippen molar-refractivity contribution in [1.82, 2.24) is 5.32 Å². The van der Waals surface area contributed by atoms with Crippen LogP contribution in [0.3, 0.4) is 0 Å². The first-order chi connectivity index (χ1) is 12.1. The maximum Gasteiger partial charge on any atom is 0.224 e. The van der Waals surface area contributed by atoms with Crippen molar-refractivity contribution in [2.24, 2.45) is 0 Å². The molecule has 2 aromatic carbocycles. The van der Waals surface area contributed by atoms with Gasteiger partial charge in [-0.25, -0.2) is 4.39 Å². The van der Waals surface area contributed by atoms with Crippen LogP contribution in [0.5, 0.6) is 0 Å². The summed E-state index contributed by atoms with van der Waals surface area (Å²) in [6.45, 7) is 1.68. The molecule has 0 aliphatic carbocycles. The highest BCUT2D eigenvalue weighted by molar-refractivity contribution is 6.31. The topological polar surface area (TPSA) is 38.3 Å². The Morgan fingerprint density at radius 2 is 1.92 bits per heavy atom.